The first-order chi connectivity index (χ1) is 10.1. The fraction of sp³-hybridized carbons (Fsp3) is 0.647. The van der Waals surface area contributed by atoms with Crippen molar-refractivity contribution in [2.24, 2.45) is 5.73 Å². The molecule has 118 valence electrons. The molecule has 4 heteroatoms. The van der Waals surface area contributed by atoms with Gasteiger partial charge in [-0.25, -0.2) is 0 Å². The Balaban J connectivity index is 1.93. The quantitative estimate of drug-likeness (QED) is 0.712. The maximum absolute atomic E-state index is 9.83. The summed E-state index contributed by atoms with van der Waals surface area (Å²) >= 11 is 0. The summed E-state index contributed by atoms with van der Waals surface area (Å²) < 4.78 is 0. The molecule has 1 saturated heterocycles. The standard InChI is InChI=1S/C17H29N3O/c1-13(21)16(18)17(14-7-4-3-5-8-14)19-11-10-15-9-6-12-20(15)2/h3-5,7-8,13,15-17,19,21H,6,9-12,18H2,1-2H3/t13-,15?,16-,17?/m1/s1. The molecule has 0 radical (unpaired) electrons. The first-order valence-corrected chi connectivity index (χ1v) is 8.02. The van der Waals surface area contributed by atoms with Gasteiger partial charge in [0.2, 0.25) is 0 Å². The minimum Gasteiger partial charge on any atom is -0.392 e. The van der Waals surface area contributed by atoms with Crippen molar-refractivity contribution in [3.8, 4) is 0 Å². The Hall–Kier alpha value is -0.940. The van der Waals surface area contributed by atoms with Crippen LogP contribution in [0.4, 0.5) is 0 Å². The second-order valence-corrected chi connectivity index (χ2v) is 6.23. The topological polar surface area (TPSA) is 61.5 Å². The smallest absolute Gasteiger partial charge is 0.0681 e. The van der Waals surface area contributed by atoms with Gasteiger partial charge in [-0.05, 0) is 51.9 Å². The Kier molecular flexibility index (Phi) is 6.18. The molecule has 21 heavy (non-hydrogen) atoms. The Morgan fingerprint density at radius 2 is 2.10 bits per heavy atom. The van der Waals surface area contributed by atoms with Gasteiger partial charge in [0.15, 0.2) is 0 Å². The van der Waals surface area contributed by atoms with Crippen molar-refractivity contribution in [3.05, 3.63) is 35.9 Å². The molecule has 1 aromatic carbocycles. The van der Waals surface area contributed by atoms with Gasteiger partial charge < -0.3 is 21.1 Å². The van der Waals surface area contributed by atoms with Gasteiger partial charge in [0.05, 0.1) is 6.10 Å². The van der Waals surface area contributed by atoms with Gasteiger partial charge in [-0.1, -0.05) is 30.3 Å². The summed E-state index contributed by atoms with van der Waals surface area (Å²) in [7, 11) is 2.20. The molecule has 4 atom stereocenters. The van der Waals surface area contributed by atoms with E-state index in [1.54, 1.807) is 6.92 Å². The molecule has 4 nitrogen and oxygen atoms in total. The summed E-state index contributed by atoms with van der Waals surface area (Å²) in [6.45, 7) is 3.89. The molecule has 0 bridgehead atoms. The summed E-state index contributed by atoms with van der Waals surface area (Å²) in [5.74, 6) is 0. The van der Waals surface area contributed by atoms with Crippen molar-refractivity contribution in [1.29, 1.82) is 0 Å². The highest BCUT2D eigenvalue weighted by Gasteiger charge is 2.25. The highest BCUT2D eigenvalue weighted by atomic mass is 16.3. The molecule has 1 heterocycles. The number of likely N-dealkylation sites (tertiary alicyclic amines) is 1. The molecule has 0 aromatic heterocycles. The van der Waals surface area contributed by atoms with E-state index in [4.69, 9.17) is 5.73 Å². The number of aliphatic hydroxyl groups is 1. The molecular weight excluding hydrogens is 262 g/mol. The molecule has 1 aromatic rings. The SMILES string of the molecule is C[C@@H](O)[C@@H](N)C(NCCC1CCCN1C)c1ccccc1. The van der Waals surface area contributed by atoms with Gasteiger partial charge in [-0.15, -0.1) is 0 Å². The Morgan fingerprint density at radius 1 is 1.38 bits per heavy atom. The molecule has 1 aliphatic heterocycles. The van der Waals surface area contributed by atoms with Crippen molar-refractivity contribution in [1.82, 2.24) is 10.2 Å². The average molecular weight is 291 g/mol. The number of rotatable bonds is 7. The average Bonchev–Trinajstić information content (AvgIpc) is 2.89. The van der Waals surface area contributed by atoms with E-state index in [0.717, 1.165) is 18.5 Å². The lowest BCUT2D eigenvalue weighted by molar-refractivity contribution is 0.142. The predicted molar refractivity (Wildman–Crippen MR) is 87.1 cm³/mol. The van der Waals surface area contributed by atoms with Crippen molar-refractivity contribution in [2.45, 2.75) is 50.4 Å². The van der Waals surface area contributed by atoms with E-state index in [1.165, 1.54) is 19.4 Å². The molecule has 0 aliphatic carbocycles. The number of hydrogen-bond acceptors (Lipinski definition) is 4. The molecule has 0 amide bonds. The van der Waals surface area contributed by atoms with Gasteiger partial charge in [0.1, 0.15) is 0 Å². The molecule has 0 saturated carbocycles. The van der Waals surface area contributed by atoms with E-state index in [-0.39, 0.29) is 12.1 Å². The van der Waals surface area contributed by atoms with Crippen LogP contribution in [-0.2, 0) is 0 Å². The Bertz CT molecular complexity index is 410. The Labute approximate surface area is 128 Å². The fourth-order valence-corrected chi connectivity index (χ4v) is 3.16. The first-order valence-electron chi connectivity index (χ1n) is 8.02. The highest BCUT2D eigenvalue weighted by molar-refractivity contribution is 5.21. The third kappa shape index (κ3) is 4.51. The maximum atomic E-state index is 9.83. The van der Waals surface area contributed by atoms with Crippen LogP contribution in [0.5, 0.6) is 0 Å². The number of nitrogens with two attached hydrogens (primary N) is 1. The highest BCUT2D eigenvalue weighted by Crippen LogP contribution is 2.20. The minimum atomic E-state index is -0.531. The van der Waals surface area contributed by atoms with Crippen LogP contribution in [0.15, 0.2) is 30.3 Å². The molecule has 1 aliphatic rings. The number of nitrogens with zero attached hydrogens (tertiary/aromatic N) is 1. The maximum Gasteiger partial charge on any atom is 0.0681 e. The Morgan fingerprint density at radius 3 is 2.67 bits per heavy atom. The second-order valence-electron chi connectivity index (χ2n) is 6.23. The fourth-order valence-electron chi connectivity index (χ4n) is 3.16. The number of aliphatic hydroxyl groups excluding tert-OH is 1. The van der Waals surface area contributed by atoms with Crippen LogP contribution in [0.1, 0.15) is 37.8 Å². The summed E-state index contributed by atoms with van der Waals surface area (Å²) in [5, 5.41) is 13.4. The van der Waals surface area contributed by atoms with E-state index >= 15 is 0 Å². The van der Waals surface area contributed by atoms with Gasteiger partial charge >= 0.3 is 0 Å². The summed E-state index contributed by atoms with van der Waals surface area (Å²) in [6.07, 6.45) is 3.19. The zero-order valence-electron chi connectivity index (χ0n) is 13.2. The lowest BCUT2D eigenvalue weighted by Gasteiger charge is -2.29. The van der Waals surface area contributed by atoms with Gasteiger partial charge in [0, 0.05) is 18.1 Å². The molecule has 0 spiro atoms. The van der Waals surface area contributed by atoms with E-state index < -0.39 is 6.10 Å². The summed E-state index contributed by atoms with van der Waals surface area (Å²) in [4.78, 5) is 2.44. The normalized spacial score (nSPS) is 23.9. The second kappa shape index (κ2) is 7.90. The van der Waals surface area contributed by atoms with E-state index in [0.29, 0.717) is 6.04 Å². The van der Waals surface area contributed by atoms with Crippen molar-refractivity contribution >= 4 is 0 Å². The molecule has 2 rings (SSSR count). The van der Waals surface area contributed by atoms with Crippen molar-refractivity contribution < 1.29 is 5.11 Å². The van der Waals surface area contributed by atoms with Gasteiger partial charge in [-0.3, -0.25) is 0 Å². The molecule has 2 unspecified atom stereocenters. The van der Waals surface area contributed by atoms with Crippen molar-refractivity contribution in [2.75, 3.05) is 20.1 Å². The largest absolute Gasteiger partial charge is 0.392 e. The molecular formula is C17H29N3O. The third-order valence-corrected chi connectivity index (χ3v) is 4.61. The van der Waals surface area contributed by atoms with Crippen LogP contribution < -0.4 is 11.1 Å². The number of nitrogens with one attached hydrogen (secondary N) is 1. The monoisotopic (exact) mass is 291 g/mol. The number of benzene rings is 1. The van der Waals surface area contributed by atoms with Crippen LogP contribution in [0, 0.1) is 0 Å². The van der Waals surface area contributed by atoms with Crippen LogP contribution in [-0.4, -0.2) is 48.3 Å². The molecule has 4 N–H and O–H groups in total. The zero-order valence-corrected chi connectivity index (χ0v) is 13.2. The minimum absolute atomic E-state index is 0.00194. The molecule has 1 fully saturated rings. The summed E-state index contributed by atoms with van der Waals surface area (Å²) in [6, 6.07) is 10.6. The van der Waals surface area contributed by atoms with Crippen LogP contribution in [0.3, 0.4) is 0 Å². The zero-order chi connectivity index (χ0) is 15.2. The van der Waals surface area contributed by atoms with Crippen LogP contribution in [0.2, 0.25) is 0 Å². The van der Waals surface area contributed by atoms with Crippen LogP contribution >= 0.6 is 0 Å². The van der Waals surface area contributed by atoms with E-state index in [9.17, 15) is 5.11 Å². The van der Waals surface area contributed by atoms with E-state index in [2.05, 4.69) is 29.4 Å². The van der Waals surface area contributed by atoms with E-state index in [1.807, 2.05) is 18.2 Å². The summed E-state index contributed by atoms with van der Waals surface area (Å²) in [5.41, 5.74) is 7.34. The van der Waals surface area contributed by atoms with Gasteiger partial charge in [0.25, 0.3) is 0 Å². The predicted octanol–water partition coefficient (Wildman–Crippen LogP) is 1.51. The first kappa shape index (κ1) is 16.4. The lowest BCUT2D eigenvalue weighted by Crippen LogP contribution is -2.45. The van der Waals surface area contributed by atoms with Crippen LogP contribution in [0.25, 0.3) is 0 Å². The van der Waals surface area contributed by atoms with Crippen molar-refractivity contribution in [3.63, 3.8) is 0 Å². The number of hydrogen-bond donors (Lipinski definition) is 3. The lowest BCUT2D eigenvalue weighted by atomic mass is 9.96. The third-order valence-electron chi connectivity index (χ3n) is 4.61. The van der Waals surface area contributed by atoms with Gasteiger partial charge in [-0.2, -0.15) is 0 Å².